The molecule has 2 atom stereocenters. The highest BCUT2D eigenvalue weighted by molar-refractivity contribution is 5.73. The molecule has 60 valence electrons. The quantitative estimate of drug-likeness (QED) is 0.496. The summed E-state index contributed by atoms with van der Waals surface area (Å²) in [7, 11) is 0. The van der Waals surface area contributed by atoms with E-state index in [9.17, 15) is 4.79 Å². The molecule has 0 aromatic carbocycles. The third-order valence-electron chi connectivity index (χ3n) is 1.55. The first-order chi connectivity index (χ1) is 4.63. The molecule has 0 radical (unpaired) electrons. The molecule has 4 heteroatoms. The number of carboxylic acids is 1. The highest BCUT2D eigenvalue weighted by atomic mass is 16.4. The largest absolute Gasteiger partial charge is 0.480 e. The van der Waals surface area contributed by atoms with Gasteiger partial charge in [-0.15, -0.1) is 0 Å². The van der Waals surface area contributed by atoms with E-state index in [2.05, 4.69) is 0 Å². The van der Waals surface area contributed by atoms with Crippen molar-refractivity contribution in [3.8, 4) is 0 Å². The summed E-state index contributed by atoms with van der Waals surface area (Å²) in [6.45, 7) is 1.63. The van der Waals surface area contributed by atoms with Crippen molar-refractivity contribution in [2.24, 2.45) is 11.7 Å². The van der Waals surface area contributed by atoms with Crippen molar-refractivity contribution in [2.75, 3.05) is 6.61 Å². The van der Waals surface area contributed by atoms with Crippen molar-refractivity contribution in [3.63, 3.8) is 0 Å². The molecule has 0 fully saturated rings. The van der Waals surface area contributed by atoms with E-state index in [0.29, 0.717) is 6.42 Å². The van der Waals surface area contributed by atoms with Crippen LogP contribution in [0.3, 0.4) is 0 Å². The number of hydrogen-bond acceptors (Lipinski definition) is 3. The molecule has 0 rings (SSSR count). The van der Waals surface area contributed by atoms with Crippen LogP contribution in [0.2, 0.25) is 0 Å². The maximum Gasteiger partial charge on any atom is 0.320 e. The van der Waals surface area contributed by atoms with Crippen molar-refractivity contribution < 1.29 is 15.0 Å². The van der Waals surface area contributed by atoms with Gasteiger partial charge in [-0.05, 0) is 6.42 Å². The molecule has 0 amide bonds. The molecule has 4 nitrogen and oxygen atoms in total. The number of carboxylic acid groups (broad SMARTS) is 1. The van der Waals surface area contributed by atoms with Gasteiger partial charge in [0, 0.05) is 12.5 Å². The van der Waals surface area contributed by atoms with Gasteiger partial charge in [0.25, 0.3) is 0 Å². The second kappa shape index (κ2) is 4.24. The molecule has 0 saturated heterocycles. The third kappa shape index (κ3) is 2.33. The minimum atomic E-state index is -1.05. The molecular weight excluding hydrogens is 134 g/mol. The van der Waals surface area contributed by atoms with Gasteiger partial charge in [-0.25, -0.2) is 0 Å². The average Bonchev–Trinajstić information content (AvgIpc) is 1.90. The lowest BCUT2D eigenvalue weighted by Crippen LogP contribution is -2.39. The zero-order valence-electron chi connectivity index (χ0n) is 5.95. The lowest BCUT2D eigenvalue weighted by molar-refractivity contribution is -0.140. The standard InChI is InChI=1S/C6H13NO3/c1-2-4(3-8)5(7)6(9)10/h4-5,8H,2-3,7H2,1H3,(H,9,10). The molecule has 0 spiro atoms. The topological polar surface area (TPSA) is 83.5 Å². The molecule has 0 aliphatic heterocycles. The Morgan fingerprint density at radius 3 is 2.30 bits per heavy atom. The smallest absolute Gasteiger partial charge is 0.320 e. The lowest BCUT2D eigenvalue weighted by Gasteiger charge is -2.15. The zero-order chi connectivity index (χ0) is 8.15. The van der Waals surface area contributed by atoms with Gasteiger partial charge < -0.3 is 15.9 Å². The van der Waals surface area contributed by atoms with E-state index in [0.717, 1.165) is 0 Å². The summed E-state index contributed by atoms with van der Waals surface area (Å²) < 4.78 is 0. The van der Waals surface area contributed by atoms with Gasteiger partial charge in [0.15, 0.2) is 0 Å². The molecule has 0 aromatic heterocycles. The van der Waals surface area contributed by atoms with Crippen LogP contribution in [0.4, 0.5) is 0 Å². The van der Waals surface area contributed by atoms with E-state index < -0.39 is 12.0 Å². The van der Waals surface area contributed by atoms with Crippen LogP contribution in [0.1, 0.15) is 13.3 Å². The Kier molecular flexibility index (Phi) is 3.99. The van der Waals surface area contributed by atoms with E-state index in [4.69, 9.17) is 15.9 Å². The molecular formula is C6H13NO3. The summed E-state index contributed by atoms with van der Waals surface area (Å²) >= 11 is 0. The highest BCUT2D eigenvalue weighted by Gasteiger charge is 2.21. The fraction of sp³-hybridized carbons (Fsp3) is 0.833. The SMILES string of the molecule is CCC(CO)C(N)C(=O)O. The first kappa shape index (κ1) is 9.39. The Morgan fingerprint density at radius 2 is 2.20 bits per heavy atom. The number of hydrogen-bond donors (Lipinski definition) is 3. The monoisotopic (exact) mass is 147 g/mol. The molecule has 10 heavy (non-hydrogen) atoms. The van der Waals surface area contributed by atoms with Gasteiger partial charge in [0.2, 0.25) is 0 Å². The van der Waals surface area contributed by atoms with Crippen LogP contribution in [0, 0.1) is 5.92 Å². The molecule has 0 aliphatic carbocycles. The summed E-state index contributed by atoms with van der Waals surface area (Å²) in [6.07, 6.45) is 0.587. The summed E-state index contributed by atoms with van der Waals surface area (Å²) in [6, 6.07) is -0.935. The van der Waals surface area contributed by atoms with Crippen LogP contribution in [-0.2, 0) is 4.79 Å². The van der Waals surface area contributed by atoms with E-state index in [-0.39, 0.29) is 12.5 Å². The summed E-state index contributed by atoms with van der Waals surface area (Å²) in [5, 5.41) is 17.0. The molecule has 0 aromatic rings. The summed E-state index contributed by atoms with van der Waals surface area (Å²) in [4.78, 5) is 10.2. The van der Waals surface area contributed by atoms with Crippen LogP contribution in [0.15, 0.2) is 0 Å². The van der Waals surface area contributed by atoms with Crippen LogP contribution in [0.5, 0.6) is 0 Å². The van der Waals surface area contributed by atoms with Crippen molar-refractivity contribution >= 4 is 5.97 Å². The number of rotatable bonds is 4. The fourth-order valence-corrected chi connectivity index (χ4v) is 0.698. The molecule has 0 heterocycles. The number of nitrogens with two attached hydrogens (primary N) is 1. The molecule has 4 N–H and O–H groups in total. The number of aliphatic carboxylic acids is 1. The van der Waals surface area contributed by atoms with Crippen LogP contribution in [-0.4, -0.2) is 28.8 Å². The maximum atomic E-state index is 10.2. The van der Waals surface area contributed by atoms with Crippen LogP contribution in [0.25, 0.3) is 0 Å². The van der Waals surface area contributed by atoms with Crippen molar-refractivity contribution in [1.29, 1.82) is 0 Å². The molecule has 2 unspecified atom stereocenters. The maximum absolute atomic E-state index is 10.2. The Hall–Kier alpha value is -0.610. The lowest BCUT2D eigenvalue weighted by atomic mass is 9.99. The number of carbonyl (C=O) groups is 1. The van der Waals surface area contributed by atoms with Gasteiger partial charge in [-0.3, -0.25) is 4.79 Å². The first-order valence-corrected chi connectivity index (χ1v) is 3.22. The normalized spacial score (nSPS) is 16.3. The third-order valence-corrected chi connectivity index (χ3v) is 1.55. The van der Waals surface area contributed by atoms with Gasteiger partial charge in [-0.2, -0.15) is 0 Å². The zero-order valence-corrected chi connectivity index (χ0v) is 5.95. The average molecular weight is 147 g/mol. The second-order valence-electron chi connectivity index (χ2n) is 2.21. The van der Waals surface area contributed by atoms with Crippen LogP contribution >= 0.6 is 0 Å². The Morgan fingerprint density at radius 1 is 1.70 bits per heavy atom. The number of aliphatic hydroxyl groups is 1. The number of aliphatic hydroxyl groups excluding tert-OH is 1. The predicted octanol–water partition coefficient (Wildman–Crippen LogP) is -0.583. The molecule has 0 saturated carbocycles. The van der Waals surface area contributed by atoms with Gasteiger partial charge in [0.05, 0.1) is 0 Å². The minimum Gasteiger partial charge on any atom is -0.480 e. The van der Waals surface area contributed by atoms with Crippen LogP contribution < -0.4 is 5.73 Å². The highest BCUT2D eigenvalue weighted by Crippen LogP contribution is 2.05. The van der Waals surface area contributed by atoms with Crippen molar-refractivity contribution in [3.05, 3.63) is 0 Å². The minimum absolute atomic E-state index is 0.163. The molecule has 0 bridgehead atoms. The summed E-state index contributed by atoms with van der Waals surface area (Å²) in [5.74, 6) is -1.38. The van der Waals surface area contributed by atoms with Crippen molar-refractivity contribution in [1.82, 2.24) is 0 Å². The Bertz CT molecular complexity index is 112. The first-order valence-electron chi connectivity index (χ1n) is 3.22. The Balaban J connectivity index is 3.88. The summed E-state index contributed by atoms with van der Waals surface area (Å²) in [5.41, 5.74) is 5.22. The predicted molar refractivity (Wildman–Crippen MR) is 36.5 cm³/mol. The van der Waals surface area contributed by atoms with Gasteiger partial charge in [0.1, 0.15) is 6.04 Å². The fourth-order valence-electron chi connectivity index (χ4n) is 0.698. The van der Waals surface area contributed by atoms with Gasteiger partial charge >= 0.3 is 5.97 Å². The van der Waals surface area contributed by atoms with E-state index in [1.165, 1.54) is 0 Å². The second-order valence-corrected chi connectivity index (χ2v) is 2.21. The van der Waals surface area contributed by atoms with E-state index >= 15 is 0 Å². The molecule has 0 aliphatic rings. The van der Waals surface area contributed by atoms with E-state index in [1.54, 1.807) is 6.92 Å². The van der Waals surface area contributed by atoms with E-state index in [1.807, 2.05) is 0 Å². The van der Waals surface area contributed by atoms with Crippen molar-refractivity contribution in [2.45, 2.75) is 19.4 Å². The van der Waals surface area contributed by atoms with Gasteiger partial charge in [-0.1, -0.05) is 6.92 Å². The Labute approximate surface area is 59.7 Å².